The van der Waals surface area contributed by atoms with Gasteiger partial charge in [0.1, 0.15) is 32.9 Å². The van der Waals surface area contributed by atoms with Gasteiger partial charge < -0.3 is 25.6 Å². The number of anilines is 2. The van der Waals surface area contributed by atoms with Gasteiger partial charge >= 0.3 is 17.9 Å². The number of hydrogen-bond acceptors (Lipinski definition) is 15. The van der Waals surface area contributed by atoms with Gasteiger partial charge in [-0.05, 0) is 123 Å². The first-order chi connectivity index (χ1) is 25.6. The molecular weight excluding hydrogens is 930 g/mol. The summed E-state index contributed by atoms with van der Waals surface area (Å²) in [6.45, 7) is 10.9. The van der Waals surface area contributed by atoms with Gasteiger partial charge in [-0.1, -0.05) is 0 Å². The molecule has 1 amide bonds. The number of aromatic carboxylic acids is 1. The lowest BCUT2D eigenvalue weighted by molar-refractivity contribution is -0.155. The van der Waals surface area contributed by atoms with Crippen molar-refractivity contribution in [3.63, 3.8) is 0 Å². The Labute approximate surface area is 351 Å². The van der Waals surface area contributed by atoms with E-state index in [-0.39, 0.29) is 33.6 Å². The number of nitrogens with two attached hydrogens (primary N) is 1. The lowest BCUT2D eigenvalue weighted by atomic mass is 10.2. The van der Waals surface area contributed by atoms with Crippen LogP contribution in [0.5, 0.6) is 0 Å². The van der Waals surface area contributed by atoms with E-state index in [1.807, 2.05) is 41.5 Å². The minimum atomic E-state index is -1.08. The summed E-state index contributed by atoms with van der Waals surface area (Å²) in [5.74, 6) is -1.49. The largest absolute Gasteiger partial charge is 0.476 e. The van der Waals surface area contributed by atoms with Crippen molar-refractivity contribution in [2.24, 2.45) is 0 Å². The zero-order valence-corrected chi connectivity index (χ0v) is 37.1. The van der Waals surface area contributed by atoms with E-state index in [1.54, 1.807) is 0 Å². The Morgan fingerprint density at radius 1 is 0.764 bits per heavy atom. The molecule has 0 saturated carbocycles. The molecule has 2 aromatic carbocycles. The average molecular weight is 971 g/mol. The Balaban J connectivity index is 0.000000322. The van der Waals surface area contributed by atoms with Crippen LogP contribution in [-0.4, -0.2) is 69.1 Å². The molecule has 0 aliphatic carbocycles. The number of amides is 1. The molecule has 55 heavy (non-hydrogen) atoms. The number of esters is 2. The second-order valence-electron chi connectivity index (χ2n) is 13.0. The molecule has 4 rings (SSSR count). The molecule has 4 aromatic rings. The predicted octanol–water partition coefficient (Wildman–Crippen LogP) is 9.53. The molecule has 0 radical (unpaired) electrons. The number of thioether (sulfide) groups is 2. The number of aromatic nitrogens is 4. The highest BCUT2D eigenvalue weighted by atomic mass is 79.9. The van der Waals surface area contributed by atoms with Crippen LogP contribution in [0.2, 0.25) is 0 Å². The number of nitrogen functional groups attached to an aromatic ring is 1. The van der Waals surface area contributed by atoms with Gasteiger partial charge in [-0.15, -0.1) is 23.5 Å². The molecule has 4 N–H and O–H groups in total. The number of rotatable bonds is 13. The highest BCUT2D eigenvalue weighted by Crippen LogP contribution is 2.26. The van der Waals surface area contributed by atoms with Crippen LogP contribution in [0, 0.1) is 11.6 Å². The number of nitrogens with one attached hydrogen (secondary N) is 1. The van der Waals surface area contributed by atoms with Crippen molar-refractivity contribution in [2.75, 3.05) is 22.6 Å². The van der Waals surface area contributed by atoms with E-state index in [1.165, 1.54) is 59.9 Å². The molecule has 0 atom stereocenters. The fourth-order valence-corrected chi connectivity index (χ4v) is 7.57. The van der Waals surface area contributed by atoms with Gasteiger partial charge in [0.05, 0.1) is 32.4 Å². The molecule has 0 aliphatic heterocycles. The summed E-state index contributed by atoms with van der Waals surface area (Å²) in [5, 5.41) is 12.4. The third-order valence-electron chi connectivity index (χ3n) is 5.82. The van der Waals surface area contributed by atoms with Gasteiger partial charge in [-0.25, -0.2) is 13.6 Å². The van der Waals surface area contributed by atoms with Gasteiger partial charge in [-0.2, -0.15) is 17.5 Å². The molecule has 0 unspecified atom stereocenters. The summed E-state index contributed by atoms with van der Waals surface area (Å²) in [7, 11) is 0. The van der Waals surface area contributed by atoms with Crippen molar-refractivity contribution in [3.05, 3.63) is 68.4 Å². The molecule has 13 nitrogen and oxygen atoms in total. The molecule has 0 spiro atoms. The number of benzene rings is 2. The first-order valence-corrected chi connectivity index (χ1v) is 21.2. The third kappa shape index (κ3) is 19.5. The molecule has 2 heterocycles. The minimum absolute atomic E-state index is 0.0210. The Morgan fingerprint density at radius 2 is 1.22 bits per heavy atom. The van der Waals surface area contributed by atoms with Crippen LogP contribution < -0.4 is 11.1 Å². The first kappa shape index (κ1) is 47.9. The first-order valence-electron chi connectivity index (χ1n) is 16.2. The Kier molecular flexibility index (Phi) is 20.1. The van der Waals surface area contributed by atoms with E-state index >= 15 is 0 Å². The number of ether oxygens (including phenoxy) is 2. The molecule has 2 aromatic heterocycles. The Morgan fingerprint density at radius 3 is 1.65 bits per heavy atom. The van der Waals surface area contributed by atoms with Gasteiger partial charge in [0.2, 0.25) is 0 Å². The molecule has 0 bridgehead atoms. The maximum absolute atomic E-state index is 13.3. The second-order valence-corrected chi connectivity index (χ2v) is 17.9. The van der Waals surface area contributed by atoms with Crippen LogP contribution in [0.3, 0.4) is 0 Å². The van der Waals surface area contributed by atoms with Crippen molar-refractivity contribution in [1.82, 2.24) is 17.5 Å². The molecule has 21 heteroatoms. The zero-order chi connectivity index (χ0) is 41.3. The lowest BCUT2D eigenvalue weighted by Gasteiger charge is -2.19. The molecular formula is C34H40Br2F2N6O7S4. The van der Waals surface area contributed by atoms with Crippen LogP contribution in [0.1, 0.15) is 88.2 Å². The van der Waals surface area contributed by atoms with E-state index < -0.39 is 28.9 Å². The second kappa shape index (κ2) is 23.1. The van der Waals surface area contributed by atoms with Crippen molar-refractivity contribution in [3.8, 4) is 0 Å². The normalized spacial score (nSPS) is 11.0. The molecule has 300 valence electrons. The predicted molar refractivity (Wildman–Crippen MR) is 219 cm³/mol. The Bertz CT molecular complexity index is 1910. The standard InChI is InChI=1S/C17H19BrFN3O3S2.C11H16N2O4S2.C6H5BrFN/c1-17(2,3)25-13(23)5-4-8-26-16-14(21-27-22-16)15(24)20-10-6-7-12(19)11(18)9-10;1-11(2,3)17-7(14)5-4-6-18-9-8(10(15)16)12-19-13-9;7-5-3-4(9)1-2-6(5)8/h6-7,9H,4-5,8H2,1-3H3,(H,20,24);4-6H2,1-3H3,(H,15,16);1-3H,9H2. The van der Waals surface area contributed by atoms with E-state index in [4.69, 9.17) is 20.3 Å². The van der Waals surface area contributed by atoms with E-state index in [2.05, 4.69) is 54.7 Å². The lowest BCUT2D eigenvalue weighted by Crippen LogP contribution is -2.23. The van der Waals surface area contributed by atoms with E-state index in [9.17, 15) is 28.0 Å². The average Bonchev–Trinajstić information content (AvgIpc) is 3.74. The number of carbonyl (C=O) groups is 4. The molecule has 0 fully saturated rings. The highest BCUT2D eigenvalue weighted by molar-refractivity contribution is 9.10. The smallest absolute Gasteiger partial charge is 0.358 e. The molecule has 0 aliphatic rings. The maximum Gasteiger partial charge on any atom is 0.358 e. The summed E-state index contributed by atoms with van der Waals surface area (Å²) in [5.41, 5.74) is 5.56. The van der Waals surface area contributed by atoms with Crippen LogP contribution in [0.4, 0.5) is 20.2 Å². The fourth-order valence-electron chi connectivity index (χ4n) is 3.65. The molecule has 0 saturated heterocycles. The van der Waals surface area contributed by atoms with Crippen LogP contribution >= 0.6 is 78.8 Å². The minimum Gasteiger partial charge on any atom is -0.476 e. The van der Waals surface area contributed by atoms with Crippen molar-refractivity contribution in [2.45, 2.75) is 88.5 Å². The summed E-state index contributed by atoms with van der Waals surface area (Å²) in [6, 6.07) is 8.55. The summed E-state index contributed by atoms with van der Waals surface area (Å²) < 4.78 is 52.5. The van der Waals surface area contributed by atoms with Gasteiger partial charge in [-0.3, -0.25) is 14.4 Å². The van der Waals surface area contributed by atoms with Crippen LogP contribution in [0.15, 0.2) is 55.4 Å². The number of carboxylic acid groups (broad SMARTS) is 1. The zero-order valence-electron chi connectivity index (χ0n) is 30.6. The number of nitrogens with zero attached hydrogens (tertiary/aromatic N) is 4. The monoisotopic (exact) mass is 968 g/mol. The third-order valence-corrected chi connectivity index (χ3v) is 10.4. The summed E-state index contributed by atoms with van der Waals surface area (Å²) >= 11 is 10.5. The topological polar surface area (TPSA) is 197 Å². The fraction of sp³-hybridized carbons (Fsp3) is 0.412. The van der Waals surface area contributed by atoms with Crippen molar-refractivity contribution >= 4 is 114 Å². The van der Waals surface area contributed by atoms with Crippen molar-refractivity contribution < 1.29 is 42.5 Å². The number of halogens is 4. The number of carboxylic acids is 1. The van der Waals surface area contributed by atoms with Crippen LogP contribution in [0.25, 0.3) is 0 Å². The van der Waals surface area contributed by atoms with Gasteiger partial charge in [0, 0.05) is 35.7 Å². The summed E-state index contributed by atoms with van der Waals surface area (Å²) in [6.07, 6.45) is 1.82. The van der Waals surface area contributed by atoms with E-state index in [0.717, 1.165) is 23.5 Å². The quantitative estimate of drug-likeness (QED) is 0.0496. The van der Waals surface area contributed by atoms with Crippen LogP contribution in [-0.2, 0) is 19.1 Å². The number of hydrogen-bond donors (Lipinski definition) is 3. The van der Waals surface area contributed by atoms with Gasteiger partial charge in [0.15, 0.2) is 11.4 Å². The SMILES string of the molecule is CC(C)(C)OC(=O)CCCSc1nsnc1C(=O)Nc1ccc(F)c(Br)c1.CC(C)(C)OC(=O)CCCSc1nsnc1C(=O)O.Nc1ccc(F)c(Br)c1. The maximum atomic E-state index is 13.3. The van der Waals surface area contributed by atoms with E-state index in [0.29, 0.717) is 63.1 Å². The highest BCUT2D eigenvalue weighted by Gasteiger charge is 2.20. The Hall–Kier alpha value is -3.24. The summed E-state index contributed by atoms with van der Waals surface area (Å²) in [4.78, 5) is 46.3. The van der Waals surface area contributed by atoms with Gasteiger partial charge in [0.25, 0.3) is 5.91 Å². The number of carbonyl (C=O) groups excluding carboxylic acids is 3. The van der Waals surface area contributed by atoms with Crippen molar-refractivity contribution in [1.29, 1.82) is 0 Å².